The smallest absolute Gasteiger partial charge is 0.337 e. The summed E-state index contributed by atoms with van der Waals surface area (Å²) in [5, 5.41) is 8.83. The molecule has 0 fully saturated rings. The Labute approximate surface area is 125 Å². The Bertz CT molecular complexity index is 582. The second-order valence-corrected chi connectivity index (χ2v) is 4.12. The lowest BCUT2D eigenvalue weighted by Crippen LogP contribution is -2.27. The molecule has 21 heavy (non-hydrogen) atoms. The molecule has 0 aromatic heterocycles. The molecule has 7 nitrogen and oxygen atoms in total. The van der Waals surface area contributed by atoms with Gasteiger partial charge in [0.1, 0.15) is 0 Å². The molecule has 0 saturated heterocycles. The Hall–Kier alpha value is -2.41. The fourth-order valence-electron chi connectivity index (χ4n) is 1.41. The summed E-state index contributed by atoms with van der Waals surface area (Å²) in [7, 11) is 2.23. The number of carbonyl (C=O) groups excluding carboxylic acids is 2. The summed E-state index contributed by atoms with van der Waals surface area (Å²) in [6.07, 6.45) is 0.991. The predicted molar refractivity (Wildman–Crippen MR) is 74.1 cm³/mol. The molecule has 0 bridgehead atoms. The normalized spacial score (nSPS) is 10.7. The zero-order valence-corrected chi connectivity index (χ0v) is 12.0. The summed E-state index contributed by atoms with van der Waals surface area (Å²) in [5.74, 6) is -4.27. The SMILES string of the molecule is COC(=O)C(C=Nc1cccc(C(=O)O)c1Cl)C(=O)OC. The van der Waals surface area contributed by atoms with E-state index in [1.54, 1.807) is 0 Å². The van der Waals surface area contributed by atoms with Crippen molar-refractivity contribution in [2.24, 2.45) is 10.9 Å². The van der Waals surface area contributed by atoms with E-state index < -0.39 is 23.8 Å². The van der Waals surface area contributed by atoms with Crippen LogP contribution < -0.4 is 0 Å². The van der Waals surface area contributed by atoms with Crippen LogP contribution in [-0.4, -0.2) is 43.4 Å². The van der Waals surface area contributed by atoms with Gasteiger partial charge in [-0.25, -0.2) is 4.79 Å². The first-order valence-corrected chi connectivity index (χ1v) is 6.01. The van der Waals surface area contributed by atoms with Crippen LogP contribution >= 0.6 is 11.6 Å². The Kier molecular flexibility index (Phi) is 5.86. The average molecular weight is 314 g/mol. The first-order valence-electron chi connectivity index (χ1n) is 5.64. The average Bonchev–Trinajstić information content (AvgIpc) is 2.47. The molecular weight excluding hydrogens is 302 g/mol. The number of carboxylic acids is 1. The van der Waals surface area contributed by atoms with Gasteiger partial charge in [0.25, 0.3) is 0 Å². The highest BCUT2D eigenvalue weighted by molar-refractivity contribution is 6.36. The van der Waals surface area contributed by atoms with Crippen molar-refractivity contribution in [3.8, 4) is 0 Å². The van der Waals surface area contributed by atoms with Gasteiger partial charge in [0.15, 0.2) is 5.92 Å². The van der Waals surface area contributed by atoms with Gasteiger partial charge in [-0.05, 0) is 12.1 Å². The summed E-state index contributed by atoms with van der Waals surface area (Å²) in [6, 6.07) is 4.19. The summed E-state index contributed by atoms with van der Waals surface area (Å²) >= 11 is 5.89. The molecule has 0 aliphatic carbocycles. The van der Waals surface area contributed by atoms with Gasteiger partial charge in [0.05, 0.1) is 30.5 Å². The number of rotatable bonds is 5. The maximum Gasteiger partial charge on any atom is 0.337 e. The largest absolute Gasteiger partial charge is 0.478 e. The number of aliphatic imine (C=N–C) groups is 1. The van der Waals surface area contributed by atoms with Crippen molar-refractivity contribution < 1.29 is 29.0 Å². The quantitative estimate of drug-likeness (QED) is 0.504. The first-order chi connectivity index (χ1) is 9.92. The van der Waals surface area contributed by atoms with Crippen LogP contribution in [0.4, 0.5) is 5.69 Å². The Morgan fingerprint density at radius 1 is 1.24 bits per heavy atom. The number of carbonyl (C=O) groups is 3. The predicted octanol–water partition coefficient (Wildman–Crippen LogP) is 1.70. The molecule has 1 aromatic carbocycles. The van der Waals surface area contributed by atoms with Gasteiger partial charge in [-0.3, -0.25) is 14.6 Å². The number of hydrogen-bond donors (Lipinski definition) is 1. The van der Waals surface area contributed by atoms with Crippen LogP contribution in [0.15, 0.2) is 23.2 Å². The van der Waals surface area contributed by atoms with Gasteiger partial charge in [0.2, 0.25) is 0 Å². The maximum atomic E-state index is 11.5. The van der Waals surface area contributed by atoms with Crippen LogP contribution in [0.1, 0.15) is 10.4 Å². The lowest BCUT2D eigenvalue weighted by Gasteiger charge is -2.07. The molecule has 112 valence electrons. The molecule has 0 atom stereocenters. The number of ether oxygens (including phenoxy) is 2. The number of methoxy groups -OCH3 is 2. The van der Waals surface area contributed by atoms with Crippen LogP contribution in [0.25, 0.3) is 0 Å². The first kappa shape index (κ1) is 16.6. The van der Waals surface area contributed by atoms with Crippen LogP contribution in [0.5, 0.6) is 0 Å². The zero-order chi connectivity index (χ0) is 16.0. The Morgan fingerprint density at radius 2 is 1.81 bits per heavy atom. The fourth-order valence-corrected chi connectivity index (χ4v) is 1.67. The van der Waals surface area contributed by atoms with E-state index in [2.05, 4.69) is 14.5 Å². The summed E-state index contributed by atoms with van der Waals surface area (Å²) in [4.78, 5) is 37.7. The third kappa shape index (κ3) is 4.03. The summed E-state index contributed by atoms with van der Waals surface area (Å²) in [6.45, 7) is 0. The van der Waals surface area contributed by atoms with E-state index in [4.69, 9.17) is 16.7 Å². The monoisotopic (exact) mass is 313 g/mol. The molecule has 0 aliphatic rings. The van der Waals surface area contributed by atoms with Crippen molar-refractivity contribution in [1.82, 2.24) is 0 Å². The van der Waals surface area contributed by atoms with Crippen LogP contribution in [0.2, 0.25) is 5.02 Å². The van der Waals surface area contributed by atoms with Crippen molar-refractivity contribution >= 4 is 41.4 Å². The Morgan fingerprint density at radius 3 is 2.29 bits per heavy atom. The van der Waals surface area contributed by atoms with E-state index in [9.17, 15) is 14.4 Å². The van der Waals surface area contributed by atoms with Crippen molar-refractivity contribution in [3.63, 3.8) is 0 Å². The van der Waals surface area contributed by atoms with Crippen LogP contribution in [-0.2, 0) is 19.1 Å². The van der Waals surface area contributed by atoms with Crippen LogP contribution in [0.3, 0.4) is 0 Å². The molecule has 0 radical (unpaired) electrons. The maximum absolute atomic E-state index is 11.5. The minimum Gasteiger partial charge on any atom is -0.478 e. The highest BCUT2D eigenvalue weighted by Crippen LogP contribution is 2.28. The molecular formula is C13H12ClNO6. The van der Waals surface area contributed by atoms with Crippen molar-refractivity contribution in [2.45, 2.75) is 0 Å². The minimum atomic E-state index is -1.36. The number of aromatic carboxylic acids is 1. The lowest BCUT2D eigenvalue weighted by atomic mass is 10.1. The van der Waals surface area contributed by atoms with Crippen LogP contribution in [0, 0.1) is 5.92 Å². The van der Waals surface area contributed by atoms with E-state index >= 15 is 0 Å². The van der Waals surface area contributed by atoms with Gasteiger partial charge in [-0.15, -0.1) is 0 Å². The molecule has 0 amide bonds. The number of nitrogens with zero attached hydrogens (tertiary/aromatic N) is 1. The van der Waals surface area contributed by atoms with E-state index in [0.29, 0.717) is 0 Å². The number of esters is 2. The van der Waals surface area contributed by atoms with E-state index in [1.165, 1.54) is 18.2 Å². The van der Waals surface area contributed by atoms with E-state index in [1.807, 2.05) is 0 Å². The molecule has 0 spiro atoms. The zero-order valence-electron chi connectivity index (χ0n) is 11.2. The third-order valence-corrected chi connectivity index (χ3v) is 2.88. The molecule has 1 N–H and O–H groups in total. The third-order valence-electron chi connectivity index (χ3n) is 2.48. The Balaban J connectivity index is 3.13. The van der Waals surface area contributed by atoms with Crippen molar-refractivity contribution in [3.05, 3.63) is 28.8 Å². The molecule has 0 heterocycles. The van der Waals surface area contributed by atoms with Gasteiger partial charge < -0.3 is 14.6 Å². The van der Waals surface area contributed by atoms with Gasteiger partial charge >= 0.3 is 17.9 Å². The highest BCUT2D eigenvalue weighted by atomic mass is 35.5. The van der Waals surface area contributed by atoms with Gasteiger partial charge in [-0.1, -0.05) is 17.7 Å². The molecule has 0 aliphatic heterocycles. The number of hydrogen-bond acceptors (Lipinski definition) is 6. The van der Waals surface area contributed by atoms with Gasteiger partial charge in [0, 0.05) is 6.21 Å². The van der Waals surface area contributed by atoms with Crippen molar-refractivity contribution in [2.75, 3.05) is 14.2 Å². The standard InChI is InChI=1S/C13H12ClNO6/c1-20-12(18)8(13(19)21-2)6-15-9-5-3-4-7(10(9)14)11(16)17/h3-6,8H,1-2H3,(H,16,17). The van der Waals surface area contributed by atoms with Crippen molar-refractivity contribution in [1.29, 1.82) is 0 Å². The molecule has 8 heteroatoms. The lowest BCUT2D eigenvalue weighted by molar-refractivity contribution is -0.154. The number of carboxylic acid groups (broad SMARTS) is 1. The van der Waals surface area contributed by atoms with Gasteiger partial charge in [-0.2, -0.15) is 0 Å². The second-order valence-electron chi connectivity index (χ2n) is 3.75. The molecule has 1 rings (SSSR count). The fraction of sp³-hybridized carbons (Fsp3) is 0.231. The number of halogens is 1. The topological polar surface area (TPSA) is 102 Å². The van der Waals surface area contributed by atoms with E-state index in [0.717, 1.165) is 20.4 Å². The minimum absolute atomic E-state index is 0.102. The molecule has 0 unspecified atom stereocenters. The highest BCUT2D eigenvalue weighted by Gasteiger charge is 2.26. The van der Waals surface area contributed by atoms with E-state index in [-0.39, 0.29) is 16.3 Å². The second kappa shape index (κ2) is 7.39. The molecule has 1 aromatic rings. The summed E-state index contributed by atoms with van der Waals surface area (Å²) < 4.78 is 8.92. The number of benzene rings is 1. The molecule has 0 saturated carbocycles. The summed E-state index contributed by atoms with van der Waals surface area (Å²) in [5.41, 5.74) is -0.0339.